The predicted molar refractivity (Wildman–Crippen MR) is 271 cm³/mol. The van der Waals surface area contributed by atoms with Gasteiger partial charge in [0.25, 0.3) is 0 Å². The first-order valence-corrected chi connectivity index (χ1v) is 29.0. The molecule has 0 amide bonds. The van der Waals surface area contributed by atoms with Crippen molar-refractivity contribution in [1.29, 1.82) is 0 Å². The lowest BCUT2D eigenvalue weighted by Gasteiger charge is -2.41. The summed E-state index contributed by atoms with van der Waals surface area (Å²) in [6, 6.07) is 0. The molecule has 1 saturated heterocycles. The van der Waals surface area contributed by atoms with Crippen LogP contribution in [0.2, 0.25) is 0 Å². The summed E-state index contributed by atoms with van der Waals surface area (Å²) in [5.41, 5.74) is 0. The molecular weight excluding hydrogens is 873 g/mol. The largest absolute Gasteiger partial charge is 0.457 e. The monoisotopic (exact) mass is 975 g/mol. The Morgan fingerprint density at radius 3 is 1.43 bits per heavy atom. The molecule has 6 unspecified atom stereocenters. The topological polar surface area (TPSA) is 178 Å². The van der Waals surface area contributed by atoms with Crippen molar-refractivity contribution in [3.8, 4) is 0 Å². The van der Waals surface area contributed by atoms with Crippen LogP contribution in [0.5, 0.6) is 0 Å². The van der Waals surface area contributed by atoms with Gasteiger partial charge in [-0.05, 0) is 44.9 Å². The van der Waals surface area contributed by atoms with Gasteiger partial charge in [-0.25, -0.2) is 4.18 Å². The fourth-order valence-corrected chi connectivity index (χ4v) is 9.16. The van der Waals surface area contributed by atoms with E-state index in [0.29, 0.717) is 13.0 Å². The number of ether oxygens (including phenoxy) is 4. The van der Waals surface area contributed by atoms with Crippen molar-refractivity contribution >= 4 is 16.4 Å². The third-order valence-corrected chi connectivity index (χ3v) is 13.3. The number of carbonyl (C=O) groups is 1. The van der Waals surface area contributed by atoms with E-state index in [9.17, 15) is 33.1 Å². The second-order valence-electron chi connectivity index (χ2n) is 19.2. The molecule has 12 nitrogen and oxygen atoms in total. The number of esters is 1. The van der Waals surface area contributed by atoms with Crippen LogP contribution in [0.15, 0.2) is 24.3 Å². The Balaban J connectivity index is 2.32. The fourth-order valence-electron chi connectivity index (χ4n) is 8.65. The highest BCUT2D eigenvalue weighted by atomic mass is 32.3. The van der Waals surface area contributed by atoms with E-state index in [1.54, 1.807) is 0 Å². The van der Waals surface area contributed by atoms with Gasteiger partial charge in [0.2, 0.25) is 0 Å². The SMILES string of the molecule is CCCCCC/C=C\C/C=C\CCCCCCCCCCOCC(COC1OC(CO)C(O)C(OS(=O)(=O)O)C1O)OC(=O)CCCCCCCCCCCCCCCCCCCCCCC. The molecule has 1 rings (SSSR count). The number of carbonyl (C=O) groups excluding carboxylic acids is 1. The summed E-state index contributed by atoms with van der Waals surface area (Å²) in [6.45, 7) is 4.01. The van der Waals surface area contributed by atoms with Gasteiger partial charge in [-0.1, -0.05) is 224 Å². The van der Waals surface area contributed by atoms with Crippen molar-refractivity contribution < 1.29 is 56.2 Å². The predicted octanol–water partition coefficient (Wildman–Crippen LogP) is 13.1. The van der Waals surface area contributed by atoms with E-state index in [2.05, 4.69) is 42.3 Å². The van der Waals surface area contributed by atoms with E-state index in [-0.39, 0.29) is 19.6 Å². The number of aliphatic hydroxyl groups is 3. The fraction of sp³-hybridized carbons (Fsp3) is 0.907. The smallest absolute Gasteiger partial charge is 0.397 e. The maximum absolute atomic E-state index is 12.9. The van der Waals surface area contributed by atoms with Crippen molar-refractivity contribution in [1.82, 2.24) is 0 Å². The number of aliphatic hydroxyl groups excluding tert-OH is 3. The van der Waals surface area contributed by atoms with Crippen LogP contribution in [-0.2, 0) is 38.3 Å². The molecule has 0 aromatic carbocycles. The first kappa shape index (κ1) is 63.6. The Morgan fingerprint density at radius 1 is 0.567 bits per heavy atom. The molecule has 0 bridgehead atoms. The summed E-state index contributed by atoms with van der Waals surface area (Å²) in [7, 11) is -5.06. The zero-order chi connectivity index (χ0) is 48.9. The molecule has 6 atom stereocenters. The van der Waals surface area contributed by atoms with Gasteiger partial charge < -0.3 is 34.3 Å². The van der Waals surface area contributed by atoms with Crippen molar-refractivity contribution in [2.75, 3.05) is 26.4 Å². The number of hydrogen-bond acceptors (Lipinski definition) is 11. The quantitative estimate of drug-likeness (QED) is 0.0197. The maximum atomic E-state index is 12.9. The highest BCUT2D eigenvalue weighted by Crippen LogP contribution is 2.26. The molecule has 1 aliphatic rings. The molecule has 1 fully saturated rings. The van der Waals surface area contributed by atoms with Crippen LogP contribution < -0.4 is 0 Å². The first-order chi connectivity index (χ1) is 32.6. The molecule has 0 aliphatic carbocycles. The highest BCUT2D eigenvalue weighted by molar-refractivity contribution is 7.80. The zero-order valence-electron chi connectivity index (χ0n) is 42.7. The van der Waals surface area contributed by atoms with Crippen LogP contribution >= 0.6 is 0 Å². The summed E-state index contributed by atoms with van der Waals surface area (Å²) in [4.78, 5) is 12.9. The molecule has 0 aromatic heterocycles. The molecular formula is C54H102O12S. The third-order valence-electron chi connectivity index (χ3n) is 12.8. The molecule has 0 saturated carbocycles. The Bertz CT molecular complexity index is 1260. The Kier molecular flexibility index (Phi) is 43.4. The molecule has 67 heavy (non-hydrogen) atoms. The summed E-state index contributed by atoms with van der Waals surface area (Å²) >= 11 is 0. The van der Waals surface area contributed by atoms with Crippen LogP contribution in [-0.4, -0.2) is 97.5 Å². The summed E-state index contributed by atoms with van der Waals surface area (Å²) in [5, 5.41) is 30.8. The van der Waals surface area contributed by atoms with Gasteiger partial charge in [0.1, 0.15) is 30.5 Å². The van der Waals surface area contributed by atoms with Gasteiger partial charge >= 0.3 is 16.4 Å². The normalized spacial score (nSPS) is 19.5. The van der Waals surface area contributed by atoms with Crippen LogP contribution in [0.4, 0.5) is 0 Å². The van der Waals surface area contributed by atoms with E-state index in [1.807, 2.05) is 0 Å². The Hall–Kier alpha value is -1.42. The van der Waals surface area contributed by atoms with Crippen LogP contribution in [0, 0.1) is 0 Å². The van der Waals surface area contributed by atoms with E-state index in [0.717, 1.165) is 51.4 Å². The molecule has 13 heteroatoms. The van der Waals surface area contributed by atoms with E-state index >= 15 is 0 Å². The molecule has 1 heterocycles. The van der Waals surface area contributed by atoms with Gasteiger partial charge in [0, 0.05) is 13.0 Å². The van der Waals surface area contributed by atoms with Gasteiger partial charge in [-0.3, -0.25) is 9.35 Å². The Labute approximate surface area is 410 Å². The summed E-state index contributed by atoms with van der Waals surface area (Å²) in [5.74, 6) is -0.395. The molecule has 396 valence electrons. The van der Waals surface area contributed by atoms with Gasteiger partial charge in [0.05, 0.1) is 19.8 Å². The second-order valence-corrected chi connectivity index (χ2v) is 20.2. The number of hydrogen-bond donors (Lipinski definition) is 4. The average Bonchev–Trinajstić information content (AvgIpc) is 3.30. The Morgan fingerprint density at radius 2 is 0.985 bits per heavy atom. The van der Waals surface area contributed by atoms with Crippen molar-refractivity contribution in [2.45, 2.75) is 288 Å². The van der Waals surface area contributed by atoms with Crippen molar-refractivity contribution in [3.63, 3.8) is 0 Å². The standard InChI is InChI=1S/C54H102O12S/c1-3-5-7-9-11-13-15-17-19-21-23-24-25-27-29-31-33-35-37-39-41-43-50(56)64-48(47-63-54-52(58)53(66-67(59,60)61)51(57)49(45-55)65-54)46-62-44-42-40-38-36-34-32-30-28-26-22-20-18-16-14-12-10-8-6-4-2/h14,16,20,22,48-49,51-55,57-58H,3-13,15,17-19,21,23-47H2,1-2H3,(H,59,60,61)/b16-14-,22-20-. The average molecular weight is 975 g/mol. The van der Waals surface area contributed by atoms with Crippen molar-refractivity contribution in [2.24, 2.45) is 0 Å². The zero-order valence-corrected chi connectivity index (χ0v) is 43.5. The summed E-state index contributed by atoms with van der Waals surface area (Å²) < 4.78 is 59.4. The lowest BCUT2D eigenvalue weighted by Crippen LogP contribution is -2.60. The number of unbranched alkanes of at least 4 members (excludes halogenated alkanes) is 32. The van der Waals surface area contributed by atoms with Gasteiger partial charge in [-0.15, -0.1) is 0 Å². The second kappa shape index (κ2) is 45.7. The van der Waals surface area contributed by atoms with E-state index in [1.165, 1.54) is 173 Å². The molecule has 1 aliphatic heterocycles. The number of allylic oxidation sites excluding steroid dienone is 4. The lowest BCUT2D eigenvalue weighted by atomic mass is 9.99. The first-order valence-electron chi connectivity index (χ1n) is 27.6. The number of rotatable bonds is 49. The third kappa shape index (κ3) is 39.0. The summed E-state index contributed by atoms with van der Waals surface area (Å²) in [6.07, 6.45) is 44.9. The van der Waals surface area contributed by atoms with Crippen LogP contribution in [0.3, 0.4) is 0 Å². The van der Waals surface area contributed by atoms with Crippen LogP contribution in [0.25, 0.3) is 0 Å². The maximum Gasteiger partial charge on any atom is 0.397 e. The lowest BCUT2D eigenvalue weighted by molar-refractivity contribution is -0.301. The van der Waals surface area contributed by atoms with Crippen molar-refractivity contribution in [3.05, 3.63) is 24.3 Å². The molecule has 0 aromatic rings. The molecule has 0 spiro atoms. The van der Waals surface area contributed by atoms with Gasteiger partial charge in [0.15, 0.2) is 6.29 Å². The highest BCUT2D eigenvalue weighted by Gasteiger charge is 2.48. The van der Waals surface area contributed by atoms with Crippen LogP contribution in [0.1, 0.15) is 251 Å². The molecule has 0 radical (unpaired) electrons. The minimum absolute atomic E-state index is 0.0364. The van der Waals surface area contributed by atoms with E-state index in [4.69, 9.17) is 18.9 Å². The van der Waals surface area contributed by atoms with Gasteiger partial charge in [-0.2, -0.15) is 8.42 Å². The minimum atomic E-state index is -5.06. The minimum Gasteiger partial charge on any atom is -0.457 e. The molecule has 4 N–H and O–H groups in total. The van der Waals surface area contributed by atoms with E-state index < -0.39 is 59.8 Å².